The molecule has 0 radical (unpaired) electrons. The van der Waals surface area contributed by atoms with Crippen LogP contribution in [0.25, 0.3) is 0 Å². The van der Waals surface area contributed by atoms with Crippen LogP contribution in [0.1, 0.15) is 31.4 Å². The zero-order valence-electron chi connectivity index (χ0n) is 14.7. The molecule has 0 saturated carbocycles. The largest absolute Gasteiger partial charge is 0.390 e. The Hall–Kier alpha value is -1.67. The number of halogens is 3. The van der Waals surface area contributed by atoms with Gasteiger partial charge in [-0.05, 0) is 24.1 Å². The lowest BCUT2D eigenvalue weighted by atomic mass is 9.88. The number of morpholine rings is 1. The fourth-order valence-corrected chi connectivity index (χ4v) is 2.67. The number of rotatable bonds is 5. The van der Waals surface area contributed by atoms with E-state index in [1.54, 1.807) is 12.3 Å². The van der Waals surface area contributed by atoms with E-state index in [1.165, 1.54) is 13.8 Å². The smallest absolute Gasteiger partial charge is 0.379 e. The zero-order valence-corrected chi connectivity index (χ0v) is 14.7. The fraction of sp³-hybridized carbons (Fsp3) is 0.647. The summed E-state index contributed by atoms with van der Waals surface area (Å²) in [5.41, 5.74) is 0.398. The molecule has 1 saturated heterocycles. The van der Waals surface area contributed by atoms with E-state index in [9.17, 15) is 18.0 Å². The standard InChI is InChI=1S/C17H24F3N3O2/c1-12-9-21-14(8-13(12)10-23-4-6-25-7-5-23)22-15(24)16(2,3)11-17(18,19)20/h8-9H,4-7,10-11H2,1-3H3,(H,21,22,24). The molecule has 0 spiro atoms. The molecule has 1 aromatic heterocycles. The number of carbonyl (C=O) groups is 1. The van der Waals surface area contributed by atoms with E-state index in [4.69, 9.17) is 4.74 Å². The number of amides is 1. The average Bonchev–Trinajstić information content (AvgIpc) is 2.49. The van der Waals surface area contributed by atoms with Crippen molar-refractivity contribution in [1.82, 2.24) is 9.88 Å². The minimum atomic E-state index is -4.40. The molecule has 8 heteroatoms. The lowest BCUT2D eigenvalue weighted by molar-refractivity contribution is -0.162. The van der Waals surface area contributed by atoms with E-state index < -0.39 is 23.9 Å². The van der Waals surface area contributed by atoms with Crippen molar-refractivity contribution >= 4 is 11.7 Å². The molecule has 0 aliphatic carbocycles. The molecular formula is C17H24F3N3O2. The summed E-state index contributed by atoms with van der Waals surface area (Å²) in [6.07, 6.45) is -3.95. The molecule has 2 rings (SSSR count). The second-order valence-electron chi connectivity index (χ2n) is 7.01. The van der Waals surface area contributed by atoms with Gasteiger partial charge in [0.05, 0.1) is 25.0 Å². The normalized spacial score (nSPS) is 16.7. The first-order chi connectivity index (χ1) is 11.6. The Labute approximate surface area is 145 Å². The van der Waals surface area contributed by atoms with Gasteiger partial charge in [0.1, 0.15) is 5.82 Å². The van der Waals surface area contributed by atoms with Gasteiger partial charge in [-0.15, -0.1) is 0 Å². The monoisotopic (exact) mass is 359 g/mol. The number of ether oxygens (including phenoxy) is 1. The quantitative estimate of drug-likeness (QED) is 0.878. The van der Waals surface area contributed by atoms with Crippen LogP contribution in [-0.2, 0) is 16.1 Å². The number of anilines is 1. The van der Waals surface area contributed by atoms with Gasteiger partial charge in [-0.3, -0.25) is 9.69 Å². The minimum Gasteiger partial charge on any atom is -0.379 e. The Morgan fingerprint density at radius 2 is 1.96 bits per heavy atom. The van der Waals surface area contributed by atoms with Crippen LogP contribution in [-0.4, -0.2) is 48.3 Å². The number of alkyl halides is 3. The Balaban J connectivity index is 2.06. The van der Waals surface area contributed by atoms with E-state index in [0.29, 0.717) is 19.8 Å². The highest BCUT2D eigenvalue weighted by Crippen LogP contribution is 2.34. The van der Waals surface area contributed by atoms with Crippen molar-refractivity contribution in [3.63, 3.8) is 0 Å². The highest BCUT2D eigenvalue weighted by Gasteiger charge is 2.41. The summed E-state index contributed by atoms with van der Waals surface area (Å²) in [6.45, 7) is 8.16. The fourth-order valence-electron chi connectivity index (χ4n) is 2.67. The Morgan fingerprint density at radius 1 is 1.32 bits per heavy atom. The van der Waals surface area contributed by atoms with Gasteiger partial charge in [-0.2, -0.15) is 13.2 Å². The van der Waals surface area contributed by atoms with Crippen molar-refractivity contribution < 1.29 is 22.7 Å². The highest BCUT2D eigenvalue weighted by molar-refractivity contribution is 5.94. The predicted octanol–water partition coefficient (Wildman–Crippen LogP) is 3.14. The Kier molecular flexibility index (Phi) is 6.05. The number of hydrogen-bond donors (Lipinski definition) is 1. The Morgan fingerprint density at radius 3 is 2.56 bits per heavy atom. The third-order valence-corrected chi connectivity index (χ3v) is 4.21. The van der Waals surface area contributed by atoms with Gasteiger partial charge in [0.15, 0.2) is 0 Å². The molecule has 2 heterocycles. The molecule has 1 fully saturated rings. The van der Waals surface area contributed by atoms with Gasteiger partial charge in [0.25, 0.3) is 0 Å². The first-order valence-electron chi connectivity index (χ1n) is 8.21. The van der Waals surface area contributed by atoms with Gasteiger partial charge in [-0.1, -0.05) is 13.8 Å². The number of aromatic nitrogens is 1. The van der Waals surface area contributed by atoms with E-state index in [1.807, 2.05) is 6.92 Å². The van der Waals surface area contributed by atoms with Gasteiger partial charge in [0.2, 0.25) is 5.91 Å². The maximum atomic E-state index is 12.6. The van der Waals surface area contributed by atoms with Crippen molar-refractivity contribution in [2.24, 2.45) is 5.41 Å². The van der Waals surface area contributed by atoms with Crippen LogP contribution in [0.5, 0.6) is 0 Å². The van der Waals surface area contributed by atoms with Crippen LogP contribution >= 0.6 is 0 Å². The first kappa shape index (κ1) is 19.7. The van der Waals surface area contributed by atoms with Gasteiger partial charge < -0.3 is 10.1 Å². The molecule has 0 bridgehead atoms. The summed E-state index contributed by atoms with van der Waals surface area (Å²) in [5, 5.41) is 2.52. The summed E-state index contributed by atoms with van der Waals surface area (Å²) in [6, 6.07) is 1.73. The lowest BCUT2D eigenvalue weighted by Crippen LogP contribution is -2.36. The number of nitrogens with one attached hydrogen (secondary N) is 1. The topological polar surface area (TPSA) is 54.5 Å². The molecular weight excluding hydrogens is 335 g/mol. The number of carbonyl (C=O) groups excluding carboxylic acids is 1. The average molecular weight is 359 g/mol. The predicted molar refractivity (Wildman–Crippen MR) is 88.2 cm³/mol. The summed E-state index contributed by atoms with van der Waals surface area (Å²) in [7, 11) is 0. The second kappa shape index (κ2) is 7.70. The second-order valence-corrected chi connectivity index (χ2v) is 7.01. The van der Waals surface area contributed by atoms with E-state index >= 15 is 0 Å². The van der Waals surface area contributed by atoms with Crippen molar-refractivity contribution in [3.8, 4) is 0 Å². The third kappa shape index (κ3) is 5.97. The molecule has 5 nitrogen and oxygen atoms in total. The molecule has 1 aliphatic heterocycles. The van der Waals surface area contributed by atoms with Gasteiger partial charge in [0, 0.05) is 25.8 Å². The molecule has 1 aliphatic rings. The van der Waals surface area contributed by atoms with Crippen LogP contribution in [0, 0.1) is 12.3 Å². The van der Waals surface area contributed by atoms with Crippen LogP contribution in [0.4, 0.5) is 19.0 Å². The van der Waals surface area contributed by atoms with Crippen molar-refractivity contribution in [2.45, 2.75) is 39.9 Å². The van der Waals surface area contributed by atoms with Crippen LogP contribution in [0.15, 0.2) is 12.3 Å². The summed E-state index contributed by atoms with van der Waals surface area (Å²) < 4.78 is 43.2. The van der Waals surface area contributed by atoms with Crippen LogP contribution in [0.2, 0.25) is 0 Å². The number of hydrogen-bond acceptors (Lipinski definition) is 4. The molecule has 0 aromatic carbocycles. The highest BCUT2D eigenvalue weighted by atomic mass is 19.4. The van der Waals surface area contributed by atoms with Crippen LogP contribution < -0.4 is 5.32 Å². The number of pyridine rings is 1. The third-order valence-electron chi connectivity index (χ3n) is 4.21. The maximum absolute atomic E-state index is 12.6. The molecule has 25 heavy (non-hydrogen) atoms. The van der Waals surface area contributed by atoms with Crippen molar-refractivity contribution in [3.05, 3.63) is 23.4 Å². The summed E-state index contributed by atoms with van der Waals surface area (Å²) >= 11 is 0. The molecule has 1 N–H and O–H groups in total. The SMILES string of the molecule is Cc1cnc(NC(=O)C(C)(C)CC(F)(F)F)cc1CN1CCOCC1. The summed E-state index contributed by atoms with van der Waals surface area (Å²) in [4.78, 5) is 18.6. The van der Waals surface area contributed by atoms with E-state index in [-0.39, 0.29) is 5.82 Å². The molecule has 1 aromatic rings. The lowest BCUT2D eigenvalue weighted by Gasteiger charge is -2.27. The molecule has 1 amide bonds. The molecule has 140 valence electrons. The van der Waals surface area contributed by atoms with Gasteiger partial charge >= 0.3 is 6.18 Å². The maximum Gasteiger partial charge on any atom is 0.390 e. The van der Waals surface area contributed by atoms with Gasteiger partial charge in [-0.25, -0.2) is 4.98 Å². The molecule has 0 unspecified atom stereocenters. The zero-order chi connectivity index (χ0) is 18.7. The van der Waals surface area contributed by atoms with Crippen LogP contribution in [0.3, 0.4) is 0 Å². The summed E-state index contributed by atoms with van der Waals surface area (Å²) in [5.74, 6) is -0.424. The first-order valence-corrected chi connectivity index (χ1v) is 8.21. The minimum absolute atomic E-state index is 0.272. The molecule has 0 atom stereocenters. The number of nitrogens with zero attached hydrogens (tertiary/aromatic N) is 2. The van der Waals surface area contributed by atoms with Crippen molar-refractivity contribution in [2.75, 3.05) is 31.6 Å². The Bertz CT molecular complexity index is 612. The number of aryl methyl sites for hydroxylation is 1. The van der Waals surface area contributed by atoms with E-state index in [0.717, 1.165) is 24.2 Å². The van der Waals surface area contributed by atoms with Crippen molar-refractivity contribution in [1.29, 1.82) is 0 Å². The van der Waals surface area contributed by atoms with E-state index in [2.05, 4.69) is 15.2 Å².